The van der Waals surface area contributed by atoms with Gasteiger partial charge in [0, 0.05) is 12.2 Å². The molecule has 2 heterocycles. The van der Waals surface area contributed by atoms with Crippen LogP contribution >= 0.6 is 11.3 Å². The highest BCUT2D eigenvalue weighted by molar-refractivity contribution is 7.20. The van der Waals surface area contributed by atoms with Gasteiger partial charge >= 0.3 is 5.97 Å². The standard InChI is InChI=1S/C16H15N3O2S/c1-3-19(11-7-5-4-6-8-11)14-12-10(2)13(16(20)21)22-15(12)18-9-17-14/h4-9H,3H2,1-2H3,(H,20,21). The lowest BCUT2D eigenvalue weighted by Gasteiger charge is -2.22. The van der Waals surface area contributed by atoms with Crippen LogP contribution in [0.4, 0.5) is 11.5 Å². The number of nitrogens with zero attached hydrogens (tertiary/aromatic N) is 3. The Balaban J connectivity index is 2.24. The summed E-state index contributed by atoms with van der Waals surface area (Å²) in [5.41, 5.74) is 1.74. The van der Waals surface area contributed by atoms with Crippen molar-refractivity contribution >= 4 is 39.0 Å². The van der Waals surface area contributed by atoms with Gasteiger partial charge in [-0.15, -0.1) is 11.3 Å². The number of rotatable bonds is 4. The predicted octanol–water partition coefficient (Wildman–Crippen LogP) is 3.86. The summed E-state index contributed by atoms with van der Waals surface area (Å²) in [5, 5.41) is 10.1. The molecule has 0 amide bonds. The zero-order chi connectivity index (χ0) is 15.7. The quantitative estimate of drug-likeness (QED) is 0.792. The van der Waals surface area contributed by atoms with Crippen molar-refractivity contribution in [3.05, 3.63) is 47.1 Å². The lowest BCUT2D eigenvalue weighted by Crippen LogP contribution is -2.17. The second kappa shape index (κ2) is 5.73. The Morgan fingerprint density at radius 2 is 2.00 bits per heavy atom. The molecule has 0 fully saturated rings. The summed E-state index contributed by atoms with van der Waals surface area (Å²) in [6.45, 7) is 4.59. The van der Waals surface area contributed by atoms with Crippen molar-refractivity contribution < 1.29 is 9.90 Å². The first-order valence-corrected chi connectivity index (χ1v) is 7.75. The van der Waals surface area contributed by atoms with Gasteiger partial charge in [0.2, 0.25) is 0 Å². The Morgan fingerprint density at radius 3 is 2.64 bits per heavy atom. The minimum atomic E-state index is -0.922. The normalized spacial score (nSPS) is 10.8. The molecule has 0 aliphatic heterocycles. The highest BCUT2D eigenvalue weighted by Crippen LogP contribution is 2.37. The fourth-order valence-electron chi connectivity index (χ4n) is 2.52. The molecule has 22 heavy (non-hydrogen) atoms. The SMILES string of the molecule is CCN(c1ccccc1)c1ncnc2sc(C(=O)O)c(C)c12. The fourth-order valence-corrected chi connectivity index (χ4v) is 3.51. The third kappa shape index (κ3) is 2.31. The zero-order valence-corrected chi connectivity index (χ0v) is 13.1. The van der Waals surface area contributed by atoms with E-state index in [1.807, 2.05) is 44.2 Å². The number of para-hydroxylation sites is 1. The van der Waals surface area contributed by atoms with E-state index in [9.17, 15) is 9.90 Å². The second-order valence-electron chi connectivity index (χ2n) is 4.82. The largest absolute Gasteiger partial charge is 0.477 e. The maximum Gasteiger partial charge on any atom is 0.346 e. The van der Waals surface area contributed by atoms with Crippen molar-refractivity contribution in [2.24, 2.45) is 0 Å². The molecule has 0 unspecified atom stereocenters. The van der Waals surface area contributed by atoms with Gasteiger partial charge in [0.25, 0.3) is 0 Å². The minimum Gasteiger partial charge on any atom is -0.477 e. The summed E-state index contributed by atoms with van der Waals surface area (Å²) in [7, 11) is 0. The zero-order valence-electron chi connectivity index (χ0n) is 12.3. The molecule has 1 N–H and O–H groups in total. The molecule has 0 saturated carbocycles. The number of hydrogen-bond acceptors (Lipinski definition) is 5. The van der Waals surface area contributed by atoms with E-state index in [4.69, 9.17) is 0 Å². The van der Waals surface area contributed by atoms with Crippen molar-refractivity contribution in [2.75, 3.05) is 11.4 Å². The predicted molar refractivity (Wildman–Crippen MR) is 88.2 cm³/mol. The molecule has 0 atom stereocenters. The van der Waals surface area contributed by atoms with Gasteiger partial charge in [-0.1, -0.05) is 18.2 Å². The average Bonchev–Trinajstić information content (AvgIpc) is 2.87. The van der Waals surface area contributed by atoms with E-state index in [1.54, 1.807) is 0 Å². The number of aromatic carboxylic acids is 1. The van der Waals surface area contributed by atoms with Gasteiger partial charge in [0.1, 0.15) is 21.9 Å². The first-order chi connectivity index (χ1) is 10.6. The summed E-state index contributed by atoms with van der Waals surface area (Å²) >= 11 is 1.19. The topological polar surface area (TPSA) is 66.3 Å². The summed E-state index contributed by atoms with van der Waals surface area (Å²) in [4.78, 5) is 23.1. The second-order valence-corrected chi connectivity index (χ2v) is 5.82. The molecular formula is C16H15N3O2S. The molecule has 0 aliphatic rings. The Kier molecular flexibility index (Phi) is 3.77. The van der Waals surface area contributed by atoms with Crippen molar-refractivity contribution in [3.8, 4) is 0 Å². The van der Waals surface area contributed by atoms with Gasteiger partial charge in [0.15, 0.2) is 0 Å². The molecule has 0 radical (unpaired) electrons. The van der Waals surface area contributed by atoms with Crippen LogP contribution in [0.3, 0.4) is 0 Å². The Hall–Kier alpha value is -2.47. The summed E-state index contributed by atoms with van der Waals surface area (Å²) < 4.78 is 0. The Labute approximate surface area is 131 Å². The van der Waals surface area contributed by atoms with Crippen LogP contribution in [0.15, 0.2) is 36.7 Å². The van der Waals surface area contributed by atoms with Crippen LogP contribution in [-0.2, 0) is 0 Å². The molecule has 1 aromatic carbocycles. The monoisotopic (exact) mass is 313 g/mol. The third-order valence-corrected chi connectivity index (χ3v) is 4.73. The number of thiophene rings is 1. The van der Waals surface area contributed by atoms with Crippen LogP contribution in [0.2, 0.25) is 0 Å². The van der Waals surface area contributed by atoms with Crippen molar-refractivity contribution in [3.63, 3.8) is 0 Å². The van der Waals surface area contributed by atoms with Gasteiger partial charge in [-0.3, -0.25) is 0 Å². The fraction of sp³-hybridized carbons (Fsp3) is 0.188. The van der Waals surface area contributed by atoms with Crippen molar-refractivity contribution in [1.82, 2.24) is 9.97 Å². The molecular weight excluding hydrogens is 298 g/mol. The van der Waals surface area contributed by atoms with Crippen molar-refractivity contribution in [1.29, 1.82) is 0 Å². The molecule has 0 saturated heterocycles. The molecule has 3 aromatic rings. The van der Waals surface area contributed by atoms with E-state index < -0.39 is 5.97 Å². The van der Waals surface area contributed by atoms with Crippen LogP contribution in [-0.4, -0.2) is 27.6 Å². The highest BCUT2D eigenvalue weighted by atomic mass is 32.1. The lowest BCUT2D eigenvalue weighted by molar-refractivity contribution is 0.0701. The summed E-state index contributed by atoms with van der Waals surface area (Å²) in [5.74, 6) is -0.172. The molecule has 6 heteroatoms. The number of benzene rings is 1. The molecule has 5 nitrogen and oxygen atoms in total. The van der Waals surface area contributed by atoms with Crippen LogP contribution < -0.4 is 4.90 Å². The van der Waals surface area contributed by atoms with Crippen LogP contribution in [0.25, 0.3) is 10.2 Å². The molecule has 0 spiro atoms. The Morgan fingerprint density at radius 1 is 1.27 bits per heavy atom. The number of aromatic nitrogens is 2. The van der Waals surface area contributed by atoms with Gasteiger partial charge in [-0.2, -0.15) is 0 Å². The molecule has 2 aromatic heterocycles. The van der Waals surface area contributed by atoms with Crippen molar-refractivity contribution in [2.45, 2.75) is 13.8 Å². The smallest absolute Gasteiger partial charge is 0.346 e. The third-order valence-electron chi connectivity index (χ3n) is 3.54. The average molecular weight is 313 g/mol. The number of hydrogen-bond donors (Lipinski definition) is 1. The molecule has 0 aliphatic carbocycles. The number of aryl methyl sites for hydroxylation is 1. The maximum absolute atomic E-state index is 11.4. The van der Waals surface area contributed by atoms with E-state index in [2.05, 4.69) is 14.9 Å². The number of carboxylic acids is 1. The first kappa shape index (κ1) is 14.5. The van der Waals surface area contributed by atoms with Gasteiger partial charge in [-0.25, -0.2) is 14.8 Å². The van der Waals surface area contributed by atoms with Gasteiger partial charge < -0.3 is 10.0 Å². The minimum absolute atomic E-state index is 0.320. The summed E-state index contributed by atoms with van der Waals surface area (Å²) in [6.07, 6.45) is 1.49. The molecule has 112 valence electrons. The Bertz CT molecular complexity index is 830. The van der Waals surface area contributed by atoms with Gasteiger partial charge in [0.05, 0.1) is 5.39 Å². The number of carbonyl (C=O) groups is 1. The van der Waals surface area contributed by atoms with E-state index in [1.165, 1.54) is 17.7 Å². The van der Waals surface area contributed by atoms with E-state index in [0.29, 0.717) is 9.71 Å². The van der Waals surface area contributed by atoms with E-state index in [-0.39, 0.29) is 0 Å². The first-order valence-electron chi connectivity index (χ1n) is 6.93. The molecule has 3 rings (SSSR count). The number of anilines is 2. The number of carboxylic acid groups (broad SMARTS) is 1. The highest BCUT2D eigenvalue weighted by Gasteiger charge is 2.21. The van der Waals surface area contributed by atoms with Crippen LogP contribution in [0.5, 0.6) is 0 Å². The van der Waals surface area contributed by atoms with E-state index in [0.717, 1.165) is 29.0 Å². The number of fused-ring (bicyclic) bond motifs is 1. The lowest BCUT2D eigenvalue weighted by atomic mass is 10.2. The van der Waals surface area contributed by atoms with Gasteiger partial charge in [-0.05, 0) is 31.5 Å². The maximum atomic E-state index is 11.4. The van der Waals surface area contributed by atoms with E-state index >= 15 is 0 Å². The molecule has 0 bridgehead atoms. The van der Waals surface area contributed by atoms with Crippen LogP contribution in [0.1, 0.15) is 22.2 Å². The summed E-state index contributed by atoms with van der Waals surface area (Å²) in [6, 6.07) is 9.93. The van der Waals surface area contributed by atoms with Crippen LogP contribution in [0, 0.1) is 6.92 Å².